The predicted octanol–water partition coefficient (Wildman–Crippen LogP) is 6.20. The molecular formula is C19H32O. The van der Waals surface area contributed by atoms with Gasteiger partial charge in [-0.1, -0.05) is 77.5 Å². The van der Waals surface area contributed by atoms with Crippen molar-refractivity contribution in [3.05, 3.63) is 29.8 Å². The summed E-state index contributed by atoms with van der Waals surface area (Å²) in [6, 6.07) is 7.98. The number of hydrogen-bond donors (Lipinski definition) is 1. The molecule has 0 amide bonds. The van der Waals surface area contributed by atoms with Crippen molar-refractivity contribution < 1.29 is 5.11 Å². The van der Waals surface area contributed by atoms with E-state index in [9.17, 15) is 5.11 Å². The third-order valence-electron chi connectivity index (χ3n) is 4.67. The smallest absolute Gasteiger partial charge is 0.119 e. The number of rotatable bonds is 10. The molecule has 1 nitrogen and oxygen atoms in total. The topological polar surface area (TPSA) is 20.2 Å². The molecule has 0 saturated heterocycles. The Morgan fingerprint density at radius 2 is 1.40 bits per heavy atom. The van der Waals surface area contributed by atoms with Gasteiger partial charge in [-0.25, -0.2) is 0 Å². The van der Waals surface area contributed by atoms with Crippen molar-refractivity contribution in [1.82, 2.24) is 0 Å². The van der Waals surface area contributed by atoms with Gasteiger partial charge < -0.3 is 5.11 Å². The minimum atomic E-state index is 0.176. The third kappa shape index (κ3) is 4.54. The zero-order valence-electron chi connectivity index (χ0n) is 13.6. The third-order valence-corrected chi connectivity index (χ3v) is 4.67. The van der Waals surface area contributed by atoms with E-state index in [1.165, 1.54) is 56.9 Å². The molecule has 1 N–H and O–H groups in total. The van der Waals surface area contributed by atoms with Crippen molar-refractivity contribution in [3.8, 4) is 5.75 Å². The molecule has 0 atom stereocenters. The van der Waals surface area contributed by atoms with Crippen molar-refractivity contribution in [3.63, 3.8) is 0 Å². The second-order valence-electron chi connectivity index (χ2n) is 6.07. The van der Waals surface area contributed by atoms with Crippen LogP contribution in [0.5, 0.6) is 5.75 Å². The first kappa shape index (κ1) is 17.1. The standard InChI is InChI=1S/C19H32O/c1-4-7-11-15-19(6-3,16-12-8-5-2)17-13-9-10-14-18(17)20/h9-10,13-14,20H,4-8,11-12,15-16H2,1-3H3. The van der Waals surface area contributed by atoms with Gasteiger partial charge in [-0.2, -0.15) is 0 Å². The van der Waals surface area contributed by atoms with Crippen LogP contribution in [0.1, 0.15) is 84.1 Å². The Bertz CT molecular complexity index is 360. The molecule has 0 aliphatic heterocycles. The summed E-state index contributed by atoms with van der Waals surface area (Å²) in [5.41, 5.74) is 1.35. The molecule has 1 rings (SSSR count). The van der Waals surface area contributed by atoms with Crippen LogP contribution in [0.25, 0.3) is 0 Å². The van der Waals surface area contributed by atoms with Crippen molar-refractivity contribution >= 4 is 0 Å². The van der Waals surface area contributed by atoms with E-state index in [2.05, 4.69) is 32.9 Å². The van der Waals surface area contributed by atoms with Crippen LogP contribution in [0.2, 0.25) is 0 Å². The monoisotopic (exact) mass is 276 g/mol. The van der Waals surface area contributed by atoms with Crippen molar-refractivity contribution in [2.45, 2.75) is 84.0 Å². The molecule has 0 aromatic heterocycles. The molecule has 0 aliphatic rings. The van der Waals surface area contributed by atoms with Gasteiger partial charge in [-0.05, 0) is 30.7 Å². The Morgan fingerprint density at radius 3 is 1.85 bits per heavy atom. The lowest BCUT2D eigenvalue weighted by Crippen LogP contribution is -2.25. The van der Waals surface area contributed by atoms with Crippen LogP contribution >= 0.6 is 0 Å². The molecule has 1 heteroatoms. The molecule has 0 fully saturated rings. The van der Waals surface area contributed by atoms with Gasteiger partial charge in [0.15, 0.2) is 0 Å². The average Bonchev–Trinajstić information content (AvgIpc) is 2.47. The normalized spacial score (nSPS) is 11.8. The molecule has 20 heavy (non-hydrogen) atoms. The number of benzene rings is 1. The van der Waals surface area contributed by atoms with Gasteiger partial charge in [0.05, 0.1) is 0 Å². The molecule has 0 aliphatic carbocycles. The van der Waals surface area contributed by atoms with Crippen molar-refractivity contribution in [1.29, 1.82) is 0 Å². The fourth-order valence-electron chi connectivity index (χ4n) is 3.29. The zero-order chi connectivity index (χ0) is 14.8. The SMILES string of the molecule is CCCCCC(CC)(CCCCC)c1ccccc1O. The summed E-state index contributed by atoms with van der Waals surface area (Å²) in [5.74, 6) is 0.488. The van der Waals surface area contributed by atoms with E-state index in [0.29, 0.717) is 5.75 Å². The maximum Gasteiger partial charge on any atom is 0.119 e. The van der Waals surface area contributed by atoms with Crippen LogP contribution in [0.15, 0.2) is 24.3 Å². The highest BCUT2D eigenvalue weighted by atomic mass is 16.3. The van der Waals surface area contributed by atoms with Crippen LogP contribution in [0, 0.1) is 0 Å². The van der Waals surface area contributed by atoms with Crippen LogP contribution in [0.4, 0.5) is 0 Å². The van der Waals surface area contributed by atoms with E-state index in [1.54, 1.807) is 0 Å². The van der Waals surface area contributed by atoms with Gasteiger partial charge >= 0.3 is 0 Å². The molecule has 114 valence electrons. The van der Waals surface area contributed by atoms with Crippen molar-refractivity contribution in [2.24, 2.45) is 0 Å². The fourth-order valence-corrected chi connectivity index (χ4v) is 3.29. The maximum absolute atomic E-state index is 10.3. The summed E-state index contributed by atoms with van der Waals surface area (Å²) in [5, 5.41) is 10.3. The minimum Gasteiger partial charge on any atom is -0.508 e. The van der Waals surface area contributed by atoms with Gasteiger partial charge in [0.1, 0.15) is 5.75 Å². The molecule has 0 spiro atoms. The number of phenols is 1. The number of hydrogen-bond acceptors (Lipinski definition) is 1. The highest BCUT2D eigenvalue weighted by Gasteiger charge is 2.31. The molecule has 0 bridgehead atoms. The highest BCUT2D eigenvalue weighted by molar-refractivity contribution is 5.38. The van der Waals surface area contributed by atoms with Crippen LogP contribution in [-0.2, 0) is 5.41 Å². The van der Waals surface area contributed by atoms with Gasteiger partial charge in [-0.15, -0.1) is 0 Å². The lowest BCUT2D eigenvalue weighted by Gasteiger charge is -2.34. The summed E-state index contributed by atoms with van der Waals surface area (Å²) < 4.78 is 0. The lowest BCUT2D eigenvalue weighted by atomic mass is 9.70. The summed E-state index contributed by atoms with van der Waals surface area (Å²) in [6.45, 7) is 6.79. The summed E-state index contributed by atoms with van der Waals surface area (Å²) >= 11 is 0. The fraction of sp³-hybridized carbons (Fsp3) is 0.684. The summed E-state index contributed by atoms with van der Waals surface area (Å²) in [4.78, 5) is 0. The van der Waals surface area contributed by atoms with Gasteiger partial charge in [0.2, 0.25) is 0 Å². The first-order valence-corrected chi connectivity index (χ1v) is 8.48. The van der Waals surface area contributed by atoms with E-state index in [4.69, 9.17) is 0 Å². The highest BCUT2D eigenvalue weighted by Crippen LogP contribution is 2.42. The average molecular weight is 276 g/mol. The first-order chi connectivity index (χ1) is 9.70. The predicted molar refractivity (Wildman–Crippen MR) is 88.4 cm³/mol. The van der Waals surface area contributed by atoms with Gasteiger partial charge in [0.25, 0.3) is 0 Å². The Kier molecular flexibility index (Phi) is 7.72. The summed E-state index contributed by atoms with van der Waals surface area (Å²) in [6.07, 6.45) is 11.2. The first-order valence-electron chi connectivity index (χ1n) is 8.48. The number of phenolic OH excluding ortho intramolecular Hbond substituents is 1. The molecule has 0 unspecified atom stereocenters. The van der Waals surface area contributed by atoms with E-state index in [1.807, 2.05) is 12.1 Å². The Labute approximate surface area is 125 Å². The molecule has 0 radical (unpaired) electrons. The Morgan fingerprint density at radius 1 is 0.850 bits per heavy atom. The molecule has 0 saturated carbocycles. The number of unbranched alkanes of at least 4 members (excludes halogenated alkanes) is 4. The Balaban J connectivity index is 2.93. The molecular weight excluding hydrogens is 244 g/mol. The van der Waals surface area contributed by atoms with Gasteiger partial charge in [0, 0.05) is 5.56 Å². The maximum atomic E-state index is 10.3. The molecule has 1 aromatic rings. The van der Waals surface area contributed by atoms with Crippen LogP contribution in [0.3, 0.4) is 0 Å². The van der Waals surface area contributed by atoms with Crippen LogP contribution in [-0.4, -0.2) is 5.11 Å². The van der Waals surface area contributed by atoms with E-state index in [-0.39, 0.29) is 5.41 Å². The lowest BCUT2D eigenvalue weighted by molar-refractivity contribution is 0.312. The quantitative estimate of drug-likeness (QED) is 0.504. The van der Waals surface area contributed by atoms with Crippen molar-refractivity contribution in [2.75, 3.05) is 0 Å². The van der Waals surface area contributed by atoms with Gasteiger partial charge in [-0.3, -0.25) is 0 Å². The van der Waals surface area contributed by atoms with E-state index >= 15 is 0 Å². The van der Waals surface area contributed by atoms with E-state index in [0.717, 1.165) is 6.42 Å². The zero-order valence-corrected chi connectivity index (χ0v) is 13.6. The largest absolute Gasteiger partial charge is 0.508 e. The van der Waals surface area contributed by atoms with E-state index < -0.39 is 0 Å². The number of aromatic hydroxyl groups is 1. The molecule has 1 aromatic carbocycles. The van der Waals surface area contributed by atoms with Crippen LogP contribution < -0.4 is 0 Å². The number of para-hydroxylation sites is 1. The summed E-state index contributed by atoms with van der Waals surface area (Å²) in [7, 11) is 0. The second kappa shape index (κ2) is 9.05. The second-order valence-corrected chi connectivity index (χ2v) is 6.07. The minimum absolute atomic E-state index is 0.176. The molecule has 0 heterocycles. The Hall–Kier alpha value is -0.980.